The molecule has 0 unspecified atom stereocenters. The van der Waals surface area contributed by atoms with E-state index in [9.17, 15) is 4.79 Å². The molecule has 18 heavy (non-hydrogen) atoms. The molecule has 0 saturated carbocycles. The summed E-state index contributed by atoms with van der Waals surface area (Å²) in [6.07, 6.45) is 5.29. The van der Waals surface area contributed by atoms with Crippen LogP contribution in [0.1, 0.15) is 28.7 Å². The first-order valence-electron chi connectivity index (χ1n) is 5.66. The molecule has 0 fully saturated rings. The molecule has 2 rings (SSSR count). The van der Waals surface area contributed by atoms with Crippen molar-refractivity contribution in [2.75, 3.05) is 0 Å². The van der Waals surface area contributed by atoms with Gasteiger partial charge in [0.1, 0.15) is 9.88 Å². The lowest BCUT2D eigenvalue weighted by Crippen LogP contribution is -2.29. The first-order chi connectivity index (χ1) is 8.74. The number of rotatable bonds is 4. The first-order valence-corrected chi connectivity index (χ1v) is 6.48. The Morgan fingerprint density at radius 3 is 3.06 bits per heavy atom. The molecule has 0 saturated heterocycles. The highest BCUT2D eigenvalue weighted by Crippen LogP contribution is 2.25. The molecule has 0 spiro atoms. The minimum Gasteiger partial charge on any atom is -0.289 e. The number of aromatic nitrogens is 2. The molecule has 0 atom stereocenters. The lowest BCUT2D eigenvalue weighted by atomic mass is 10.2. The number of nitrogens with zero attached hydrogens (tertiary/aromatic N) is 2. The number of nitrogens with one attached hydrogen (secondary N) is 1. The number of carbonyl (C=O) groups excluding carboxylic acids is 1. The van der Waals surface area contributed by atoms with Crippen LogP contribution in [0, 0.1) is 0 Å². The predicted octanol–water partition coefficient (Wildman–Crippen LogP) is 1.76. The van der Waals surface area contributed by atoms with Crippen molar-refractivity contribution in [1.29, 1.82) is 0 Å². The van der Waals surface area contributed by atoms with E-state index < -0.39 is 0 Å². The summed E-state index contributed by atoms with van der Waals surface area (Å²) in [5.74, 6) is 4.77. The third-order valence-electron chi connectivity index (χ3n) is 2.43. The van der Waals surface area contributed by atoms with Crippen molar-refractivity contribution >= 4 is 17.2 Å². The average molecular weight is 262 g/mol. The van der Waals surface area contributed by atoms with Crippen LogP contribution in [0.2, 0.25) is 0 Å². The van der Waals surface area contributed by atoms with Gasteiger partial charge >= 0.3 is 0 Å². The third-order valence-corrected chi connectivity index (χ3v) is 3.48. The highest BCUT2D eigenvalue weighted by molar-refractivity contribution is 7.16. The molecular weight excluding hydrogens is 248 g/mol. The van der Waals surface area contributed by atoms with Gasteiger partial charge in [0.25, 0.3) is 5.91 Å². The monoisotopic (exact) mass is 262 g/mol. The SMILES string of the molecule is CCCc1cc(-c2ncc(C(=O)NN)s2)ccn1. The molecule has 2 aromatic heterocycles. The van der Waals surface area contributed by atoms with Crippen molar-refractivity contribution in [1.82, 2.24) is 15.4 Å². The Bertz CT molecular complexity index is 553. The van der Waals surface area contributed by atoms with Crippen LogP contribution in [0.15, 0.2) is 24.5 Å². The van der Waals surface area contributed by atoms with Gasteiger partial charge in [-0.05, 0) is 18.6 Å². The van der Waals surface area contributed by atoms with Gasteiger partial charge < -0.3 is 0 Å². The molecule has 3 N–H and O–H groups in total. The summed E-state index contributed by atoms with van der Waals surface area (Å²) in [6, 6.07) is 3.90. The van der Waals surface area contributed by atoms with Crippen LogP contribution < -0.4 is 11.3 Å². The maximum absolute atomic E-state index is 11.3. The van der Waals surface area contributed by atoms with Gasteiger partial charge in [0.15, 0.2) is 0 Å². The van der Waals surface area contributed by atoms with E-state index in [1.807, 2.05) is 12.1 Å². The van der Waals surface area contributed by atoms with Crippen molar-refractivity contribution in [2.24, 2.45) is 5.84 Å². The van der Waals surface area contributed by atoms with E-state index in [0.717, 1.165) is 29.1 Å². The van der Waals surface area contributed by atoms with Gasteiger partial charge in [-0.1, -0.05) is 13.3 Å². The maximum atomic E-state index is 11.3. The van der Waals surface area contributed by atoms with Gasteiger partial charge in [-0.3, -0.25) is 15.2 Å². The lowest BCUT2D eigenvalue weighted by molar-refractivity contribution is 0.0957. The van der Waals surface area contributed by atoms with Crippen LogP contribution in [-0.2, 0) is 6.42 Å². The van der Waals surface area contributed by atoms with Gasteiger partial charge in [-0.15, -0.1) is 11.3 Å². The fourth-order valence-corrected chi connectivity index (χ4v) is 2.40. The van der Waals surface area contributed by atoms with E-state index in [1.54, 1.807) is 6.20 Å². The Hall–Kier alpha value is -1.79. The Morgan fingerprint density at radius 2 is 2.33 bits per heavy atom. The third kappa shape index (κ3) is 2.72. The largest absolute Gasteiger partial charge is 0.289 e. The second-order valence-electron chi connectivity index (χ2n) is 3.79. The summed E-state index contributed by atoms with van der Waals surface area (Å²) in [5.41, 5.74) is 4.11. The van der Waals surface area contributed by atoms with Crippen LogP contribution in [0.25, 0.3) is 10.6 Å². The van der Waals surface area contributed by atoms with Crippen molar-refractivity contribution in [3.05, 3.63) is 35.1 Å². The highest BCUT2D eigenvalue weighted by Gasteiger charge is 2.10. The van der Waals surface area contributed by atoms with E-state index >= 15 is 0 Å². The molecule has 0 bridgehead atoms. The van der Waals surface area contributed by atoms with Crippen LogP contribution in [0.5, 0.6) is 0 Å². The molecule has 0 aliphatic rings. The molecule has 6 heteroatoms. The fourth-order valence-electron chi connectivity index (χ4n) is 1.59. The standard InChI is InChI=1S/C12H14N4OS/c1-2-3-9-6-8(4-5-14-9)12-15-7-10(18-12)11(17)16-13/h4-7H,2-3,13H2,1H3,(H,16,17). The van der Waals surface area contributed by atoms with E-state index in [-0.39, 0.29) is 5.91 Å². The van der Waals surface area contributed by atoms with Gasteiger partial charge in [-0.25, -0.2) is 10.8 Å². The molecule has 94 valence electrons. The number of carbonyl (C=O) groups is 1. The van der Waals surface area contributed by atoms with E-state index in [4.69, 9.17) is 5.84 Å². The molecule has 2 aromatic rings. The maximum Gasteiger partial charge on any atom is 0.276 e. The Labute approximate surface area is 109 Å². The summed E-state index contributed by atoms with van der Waals surface area (Å²) >= 11 is 1.31. The highest BCUT2D eigenvalue weighted by atomic mass is 32.1. The molecule has 0 aliphatic carbocycles. The summed E-state index contributed by atoms with van der Waals surface area (Å²) in [4.78, 5) is 20.4. The van der Waals surface area contributed by atoms with Crippen molar-refractivity contribution < 1.29 is 4.79 Å². The molecule has 2 heterocycles. The average Bonchev–Trinajstić information content (AvgIpc) is 2.88. The zero-order chi connectivity index (χ0) is 13.0. The molecule has 5 nitrogen and oxygen atoms in total. The van der Waals surface area contributed by atoms with Crippen LogP contribution in [-0.4, -0.2) is 15.9 Å². The number of aryl methyl sites for hydroxylation is 1. The first kappa shape index (κ1) is 12.7. The predicted molar refractivity (Wildman–Crippen MR) is 71.0 cm³/mol. The molecule has 0 aliphatic heterocycles. The Balaban J connectivity index is 2.28. The second kappa shape index (κ2) is 5.70. The number of pyridine rings is 1. The van der Waals surface area contributed by atoms with Crippen LogP contribution in [0.3, 0.4) is 0 Å². The lowest BCUT2D eigenvalue weighted by Gasteiger charge is -2.00. The van der Waals surface area contributed by atoms with Crippen molar-refractivity contribution in [3.8, 4) is 10.6 Å². The van der Waals surface area contributed by atoms with E-state index in [0.29, 0.717) is 4.88 Å². The quantitative estimate of drug-likeness (QED) is 0.500. The number of nitrogens with two attached hydrogens (primary N) is 1. The normalized spacial score (nSPS) is 10.3. The molecule has 1 amide bonds. The Morgan fingerprint density at radius 1 is 1.50 bits per heavy atom. The topological polar surface area (TPSA) is 80.9 Å². The summed E-state index contributed by atoms with van der Waals surface area (Å²) in [7, 11) is 0. The molecule has 0 aromatic carbocycles. The number of thiazole rings is 1. The number of hydrazine groups is 1. The van der Waals surface area contributed by atoms with Crippen LogP contribution >= 0.6 is 11.3 Å². The minimum absolute atomic E-state index is 0.318. The van der Waals surface area contributed by atoms with Gasteiger partial charge in [0.2, 0.25) is 0 Å². The van der Waals surface area contributed by atoms with Gasteiger partial charge in [-0.2, -0.15) is 0 Å². The van der Waals surface area contributed by atoms with Gasteiger partial charge in [0.05, 0.1) is 6.20 Å². The number of hydrogen-bond donors (Lipinski definition) is 2. The fraction of sp³-hybridized carbons (Fsp3) is 0.250. The summed E-state index contributed by atoms with van der Waals surface area (Å²) < 4.78 is 0. The molecular formula is C12H14N4OS. The Kier molecular flexibility index (Phi) is 4.01. The number of nitrogen functional groups attached to an aromatic ring is 1. The minimum atomic E-state index is -0.318. The summed E-state index contributed by atoms with van der Waals surface area (Å²) in [6.45, 7) is 2.11. The second-order valence-corrected chi connectivity index (χ2v) is 4.82. The van der Waals surface area contributed by atoms with E-state index in [1.165, 1.54) is 17.5 Å². The van der Waals surface area contributed by atoms with Crippen molar-refractivity contribution in [3.63, 3.8) is 0 Å². The number of hydrogen-bond acceptors (Lipinski definition) is 5. The summed E-state index contributed by atoms with van der Waals surface area (Å²) in [5, 5.41) is 0.799. The van der Waals surface area contributed by atoms with Crippen LogP contribution in [0.4, 0.5) is 0 Å². The van der Waals surface area contributed by atoms with Gasteiger partial charge in [0, 0.05) is 17.5 Å². The van der Waals surface area contributed by atoms with E-state index in [2.05, 4.69) is 22.3 Å². The molecule has 0 radical (unpaired) electrons. The smallest absolute Gasteiger partial charge is 0.276 e. The number of amides is 1. The van der Waals surface area contributed by atoms with Crippen molar-refractivity contribution in [2.45, 2.75) is 19.8 Å². The zero-order valence-corrected chi connectivity index (χ0v) is 10.8. The zero-order valence-electron chi connectivity index (χ0n) is 10.0.